The van der Waals surface area contributed by atoms with E-state index >= 15 is 0 Å². The van der Waals surface area contributed by atoms with Crippen LogP contribution in [0.3, 0.4) is 0 Å². The fourth-order valence-corrected chi connectivity index (χ4v) is 5.95. The van der Waals surface area contributed by atoms with Crippen LogP contribution in [0.2, 0.25) is 0 Å². The Balaban J connectivity index is 1.48. The second-order valence-electron chi connectivity index (χ2n) is 10.3. The molecule has 0 aliphatic heterocycles. The number of hydrogen-bond donors (Lipinski definition) is 1. The van der Waals surface area contributed by atoms with Crippen LogP contribution in [0.1, 0.15) is 81.9 Å². The lowest BCUT2D eigenvalue weighted by molar-refractivity contribution is 0.0125. The molecule has 1 unspecified atom stereocenters. The predicted octanol–water partition coefficient (Wildman–Crippen LogP) is 9.27. The molecule has 1 N–H and O–H groups in total. The number of ether oxygens (including phenoxy) is 1. The molecule has 40 heavy (non-hydrogen) atoms. The van der Waals surface area contributed by atoms with Crippen molar-refractivity contribution in [2.45, 2.75) is 71.1 Å². The van der Waals surface area contributed by atoms with Gasteiger partial charge in [0.25, 0.3) is 0 Å². The Morgan fingerprint density at radius 1 is 0.775 bits per heavy atom. The third kappa shape index (κ3) is 10.9. The maximum Gasteiger partial charge on any atom is 0.245 e. The summed E-state index contributed by atoms with van der Waals surface area (Å²) in [7, 11) is -0.995. The average Bonchev–Trinajstić information content (AvgIpc) is 2.94. The van der Waals surface area contributed by atoms with Crippen LogP contribution in [-0.2, 0) is 10.8 Å². The fraction of sp³-hybridized carbons (Fsp3) is 0.412. The van der Waals surface area contributed by atoms with Gasteiger partial charge in [-0.1, -0.05) is 80.8 Å². The van der Waals surface area contributed by atoms with Gasteiger partial charge in [-0.15, -0.1) is 0 Å². The average molecular weight is 569 g/mol. The number of benzene rings is 3. The molecule has 3 nitrogen and oxygen atoms in total. The van der Waals surface area contributed by atoms with Crippen LogP contribution >= 0.6 is 0 Å². The maximum absolute atomic E-state index is 12.8. The topological polar surface area (TPSA) is 46.5 Å². The Hall–Kier alpha value is -2.99. The maximum atomic E-state index is 12.8. The SMILES string of the molecule is CC/C(=C(/c1ccc(O)cc1)c1ccc(OCCCCCCCS(=O)CCCC(C)(F)F)cc1)c1ccccc1. The molecule has 0 spiro atoms. The number of hydrogen-bond acceptors (Lipinski definition) is 3. The van der Waals surface area contributed by atoms with Gasteiger partial charge in [0.2, 0.25) is 5.92 Å². The number of unbranched alkanes of at least 4 members (excludes halogenated alkanes) is 4. The Bertz CT molecular complexity index is 1200. The largest absolute Gasteiger partial charge is 0.508 e. The van der Waals surface area contributed by atoms with Crippen LogP contribution in [0.15, 0.2) is 78.9 Å². The molecule has 0 fully saturated rings. The molecule has 3 aromatic rings. The minimum Gasteiger partial charge on any atom is -0.508 e. The minimum atomic E-state index is -2.66. The summed E-state index contributed by atoms with van der Waals surface area (Å²) in [4.78, 5) is 0. The first-order valence-electron chi connectivity index (χ1n) is 14.3. The lowest BCUT2D eigenvalue weighted by atomic mass is 9.88. The highest BCUT2D eigenvalue weighted by molar-refractivity contribution is 7.84. The third-order valence-electron chi connectivity index (χ3n) is 6.85. The molecular formula is C34H42F2O3S. The predicted molar refractivity (Wildman–Crippen MR) is 164 cm³/mol. The van der Waals surface area contributed by atoms with E-state index < -0.39 is 16.7 Å². The molecule has 0 saturated heterocycles. The van der Waals surface area contributed by atoms with Gasteiger partial charge in [-0.3, -0.25) is 4.21 Å². The smallest absolute Gasteiger partial charge is 0.245 e. The van der Waals surface area contributed by atoms with Gasteiger partial charge in [0.1, 0.15) is 11.5 Å². The number of allylic oxidation sites excluding steroid dienone is 1. The Labute approximate surface area is 240 Å². The molecule has 0 saturated carbocycles. The second-order valence-corrected chi connectivity index (χ2v) is 12.0. The number of alkyl halides is 2. The summed E-state index contributed by atoms with van der Waals surface area (Å²) in [5.41, 5.74) is 5.72. The Morgan fingerprint density at radius 2 is 1.35 bits per heavy atom. The molecular weight excluding hydrogens is 526 g/mol. The van der Waals surface area contributed by atoms with E-state index in [1.807, 2.05) is 30.3 Å². The van der Waals surface area contributed by atoms with Crippen molar-refractivity contribution in [2.24, 2.45) is 0 Å². The van der Waals surface area contributed by atoms with Crippen LogP contribution in [-0.4, -0.2) is 33.4 Å². The molecule has 6 heteroatoms. The van der Waals surface area contributed by atoms with Crippen molar-refractivity contribution >= 4 is 21.9 Å². The van der Waals surface area contributed by atoms with E-state index in [4.69, 9.17) is 4.74 Å². The lowest BCUT2D eigenvalue weighted by Crippen LogP contribution is -2.12. The summed E-state index contributed by atoms with van der Waals surface area (Å²) in [6.45, 7) is 3.72. The molecule has 0 radical (unpaired) electrons. The van der Waals surface area contributed by atoms with Gasteiger partial charge < -0.3 is 9.84 Å². The van der Waals surface area contributed by atoms with E-state index in [1.165, 1.54) is 11.1 Å². The van der Waals surface area contributed by atoms with Gasteiger partial charge in [-0.05, 0) is 84.7 Å². The number of phenolic OH excluding ortho intramolecular Hbond substituents is 1. The van der Waals surface area contributed by atoms with Crippen molar-refractivity contribution in [3.05, 3.63) is 95.6 Å². The molecule has 0 aliphatic rings. The van der Waals surface area contributed by atoms with E-state index in [0.717, 1.165) is 67.9 Å². The van der Waals surface area contributed by atoms with Gasteiger partial charge in [-0.2, -0.15) is 0 Å². The van der Waals surface area contributed by atoms with Crippen LogP contribution in [0.25, 0.3) is 11.1 Å². The molecule has 3 rings (SSSR count). The standard InChI is InChI=1S/C34H42F2O3S/c1-3-32(27-13-8-7-9-14-27)33(28-15-19-30(37)20-16-28)29-17-21-31(22-18-29)39-24-10-5-4-6-11-25-40(38)26-12-23-34(2,35)36/h7-9,13-22,37H,3-6,10-12,23-26H2,1-2H3/b33-32+. The van der Waals surface area contributed by atoms with Gasteiger partial charge in [0.15, 0.2) is 0 Å². The molecule has 0 aliphatic carbocycles. The number of aromatic hydroxyl groups is 1. The minimum absolute atomic E-state index is 0.189. The van der Waals surface area contributed by atoms with E-state index in [1.54, 1.807) is 12.1 Å². The first-order chi connectivity index (χ1) is 19.3. The van der Waals surface area contributed by atoms with Gasteiger partial charge in [-0.25, -0.2) is 8.78 Å². The third-order valence-corrected chi connectivity index (χ3v) is 8.34. The van der Waals surface area contributed by atoms with Crippen LogP contribution < -0.4 is 4.74 Å². The van der Waals surface area contributed by atoms with E-state index in [9.17, 15) is 18.1 Å². The fourth-order valence-electron chi connectivity index (χ4n) is 4.76. The summed E-state index contributed by atoms with van der Waals surface area (Å²) in [6, 6.07) is 26.0. The van der Waals surface area contributed by atoms with Crippen molar-refractivity contribution in [3.8, 4) is 11.5 Å². The highest BCUT2D eigenvalue weighted by Crippen LogP contribution is 2.35. The summed E-state index contributed by atoms with van der Waals surface area (Å²) >= 11 is 0. The summed E-state index contributed by atoms with van der Waals surface area (Å²) in [5, 5.41) is 9.83. The number of halogens is 2. The van der Waals surface area contributed by atoms with Crippen molar-refractivity contribution < 1.29 is 22.8 Å². The van der Waals surface area contributed by atoms with Crippen LogP contribution in [0.5, 0.6) is 11.5 Å². The first-order valence-corrected chi connectivity index (χ1v) is 15.8. The molecule has 216 valence electrons. The molecule has 3 aromatic carbocycles. The molecule has 0 heterocycles. The second kappa shape index (κ2) is 16.3. The molecule has 1 atom stereocenters. The summed E-state index contributed by atoms with van der Waals surface area (Å²) in [6.07, 6.45) is 5.90. The highest BCUT2D eigenvalue weighted by Gasteiger charge is 2.20. The summed E-state index contributed by atoms with van der Waals surface area (Å²) in [5.74, 6) is -0.614. The van der Waals surface area contributed by atoms with Crippen LogP contribution in [0.4, 0.5) is 8.78 Å². The molecule has 0 aromatic heterocycles. The van der Waals surface area contributed by atoms with E-state index in [2.05, 4.69) is 43.3 Å². The molecule has 0 bridgehead atoms. The zero-order chi connectivity index (χ0) is 28.8. The van der Waals surface area contributed by atoms with Crippen LogP contribution in [0, 0.1) is 0 Å². The number of rotatable bonds is 17. The van der Waals surface area contributed by atoms with Crippen molar-refractivity contribution in [2.75, 3.05) is 18.1 Å². The summed E-state index contributed by atoms with van der Waals surface area (Å²) < 4.78 is 43.6. The normalized spacial score (nSPS) is 13.1. The van der Waals surface area contributed by atoms with E-state index in [0.29, 0.717) is 24.5 Å². The zero-order valence-corrected chi connectivity index (χ0v) is 24.5. The first kappa shape index (κ1) is 31.5. The van der Waals surface area contributed by atoms with Gasteiger partial charge in [0.05, 0.1) is 6.61 Å². The zero-order valence-electron chi connectivity index (χ0n) is 23.7. The quantitative estimate of drug-likeness (QED) is 0.130. The number of phenols is 1. The van der Waals surface area contributed by atoms with Gasteiger partial charge >= 0.3 is 0 Å². The Kier molecular flexibility index (Phi) is 12.9. The van der Waals surface area contributed by atoms with Crippen molar-refractivity contribution in [1.82, 2.24) is 0 Å². The van der Waals surface area contributed by atoms with Gasteiger partial charge in [0, 0.05) is 28.7 Å². The molecule has 0 amide bonds. The monoisotopic (exact) mass is 568 g/mol. The van der Waals surface area contributed by atoms with Crippen molar-refractivity contribution in [1.29, 1.82) is 0 Å². The van der Waals surface area contributed by atoms with Crippen molar-refractivity contribution in [3.63, 3.8) is 0 Å². The lowest BCUT2D eigenvalue weighted by Gasteiger charge is -2.17. The van der Waals surface area contributed by atoms with E-state index in [-0.39, 0.29) is 12.2 Å². The Morgan fingerprint density at radius 3 is 1.98 bits per heavy atom. The highest BCUT2D eigenvalue weighted by atomic mass is 32.2.